The Hall–Kier alpha value is -3.30. The van der Waals surface area contributed by atoms with E-state index >= 15 is 0 Å². The molecule has 0 spiro atoms. The lowest BCUT2D eigenvalue weighted by Crippen LogP contribution is -2.44. The number of aromatic nitrogens is 1. The molecule has 2 aromatic carbocycles. The van der Waals surface area contributed by atoms with E-state index in [1.807, 2.05) is 49.7 Å². The van der Waals surface area contributed by atoms with Crippen LogP contribution in [-0.4, -0.2) is 54.0 Å². The highest BCUT2D eigenvalue weighted by Gasteiger charge is 2.39. The van der Waals surface area contributed by atoms with Crippen LogP contribution in [0, 0.1) is 0 Å². The maximum atomic E-state index is 13.8. The van der Waals surface area contributed by atoms with Gasteiger partial charge in [-0.25, -0.2) is 4.79 Å². The van der Waals surface area contributed by atoms with Crippen LogP contribution < -0.4 is 10.2 Å². The van der Waals surface area contributed by atoms with Gasteiger partial charge in [0, 0.05) is 42.4 Å². The van der Waals surface area contributed by atoms with Crippen LogP contribution in [0.4, 0.5) is 5.69 Å². The molecule has 1 aliphatic heterocycles. The van der Waals surface area contributed by atoms with Crippen molar-refractivity contribution in [3.05, 3.63) is 59.7 Å². The number of carbonyl (C=O) groups excluding carboxylic acids is 3. The fourth-order valence-corrected chi connectivity index (χ4v) is 5.59. The van der Waals surface area contributed by atoms with Crippen LogP contribution in [-0.2, 0) is 26.1 Å². The van der Waals surface area contributed by atoms with Crippen LogP contribution >= 0.6 is 11.8 Å². The van der Waals surface area contributed by atoms with Gasteiger partial charge in [-0.15, -0.1) is 0 Å². The van der Waals surface area contributed by atoms with E-state index in [-0.39, 0.29) is 30.3 Å². The number of hydrogen-bond donors (Lipinski definition) is 1. The van der Waals surface area contributed by atoms with E-state index < -0.39 is 12.0 Å². The van der Waals surface area contributed by atoms with Crippen molar-refractivity contribution < 1.29 is 23.9 Å². The van der Waals surface area contributed by atoms with E-state index in [0.29, 0.717) is 30.8 Å². The Morgan fingerprint density at radius 3 is 2.57 bits per heavy atom. The summed E-state index contributed by atoms with van der Waals surface area (Å²) in [4.78, 5) is 41.1. The van der Waals surface area contributed by atoms with Gasteiger partial charge in [0.05, 0.1) is 29.1 Å². The zero-order chi connectivity index (χ0) is 26.5. The normalized spacial score (nSPS) is 15.5. The zero-order valence-corrected chi connectivity index (χ0v) is 22.5. The average Bonchev–Trinajstić information content (AvgIpc) is 3.06. The van der Waals surface area contributed by atoms with Crippen molar-refractivity contribution >= 4 is 46.1 Å². The molecule has 37 heavy (non-hydrogen) atoms. The molecule has 2 amide bonds. The van der Waals surface area contributed by atoms with Crippen LogP contribution in [0.3, 0.4) is 0 Å². The van der Waals surface area contributed by atoms with Crippen molar-refractivity contribution in [2.45, 2.75) is 44.4 Å². The Labute approximate surface area is 221 Å². The van der Waals surface area contributed by atoms with Crippen molar-refractivity contribution in [2.75, 3.05) is 30.4 Å². The molecule has 0 aliphatic carbocycles. The second-order valence-corrected chi connectivity index (χ2v) is 10.0. The number of para-hydroxylation sites is 1. The molecule has 8 nitrogen and oxygen atoms in total. The van der Waals surface area contributed by atoms with E-state index in [2.05, 4.69) is 5.32 Å². The van der Waals surface area contributed by atoms with Crippen LogP contribution in [0.15, 0.2) is 53.6 Å². The Morgan fingerprint density at radius 2 is 1.86 bits per heavy atom. The van der Waals surface area contributed by atoms with E-state index in [1.54, 1.807) is 36.1 Å². The highest BCUT2D eigenvalue weighted by Crippen LogP contribution is 2.43. The van der Waals surface area contributed by atoms with Gasteiger partial charge in [0.15, 0.2) is 0 Å². The summed E-state index contributed by atoms with van der Waals surface area (Å²) in [6, 6.07) is 13.7. The van der Waals surface area contributed by atoms with E-state index in [1.165, 1.54) is 11.8 Å². The van der Waals surface area contributed by atoms with Gasteiger partial charge in [0.2, 0.25) is 11.8 Å². The van der Waals surface area contributed by atoms with Crippen LogP contribution in [0.5, 0.6) is 0 Å². The number of aryl methyl sites for hydroxylation is 1. The lowest BCUT2D eigenvalue weighted by molar-refractivity contribution is -0.125. The first-order chi connectivity index (χ1) is 17.8. The topological polar surface area (TPSA) is 89.9 Å². The maximum Gasteiger partial charge on any atom is 0.338 e. The second-order valence-electron chi connectivity index (χ2n) is 9.08. The molecule has 0 saturated heterocycles. The third-order valence-corrected chi connectivity index (χ3v) is 7.36. The van der Waals surface area contributed by atoms with Gasteiger partial charge in [-0.05, 0) is 57.5 Å². The maximum absolute atomic E-state index is 13.8. The Kier molecular flexibility index (Phi) is 8.56. The van der Waals surface area contributed by atoms with Crippen molar-refractivity contribution in [3.8, 4) is 0 Å². The molecule has 4 rings (SSSR count). The van der Waals surface area contributed by atoms with Crippen LogP contribution in [0.2, 0.25) is 0 Å². The van der Waals surface area contributed by atoms with E-state index in [0.717, 1.165) is 21.5 Å². The number of nitrogens with zero attached hydrogens (tertiary/aromatic N) is 2. The van der Waals surface area contributed by atoms with Gasteiger partial charge >= 0.3 is 5.97 Å². The summed E-state index contributed by atoms with van der Waals surface area (Å²) < 4.78 is 12.7. The quantitative estimate of drug-likeness (QED) is 0.329. The van der Waals surface area contributed by atoms with Crippen molar-refractivity contribution in [2.24, 2.45) is 7.05 Å². The van der Waals surface area contributed by atoms with Crippen LogP contribution in [0.1, 0.15) is 49.2 Å². The molecule has 9 heteroatoms. The number of hydrogen-bond acceptors (Lipinski definition) is 6. The lowest BCUT2D eigenvalue weighted by atomic mass is 10.0. The Balaban J connectivity index is 1.74. The van der Waals surface area contributed by atoms with Crippen molar-refractivity contribution in [3.63, 3.8) is 0 Å². The predicted molar refractivity (Wildman–Crippen MR) is 145 cm³/mol. The highest BCUT2D eigenvalue weighted by atomic mass is 32.2. The average molecular weight is 524 g/mol. The number of anilines is 1. The minimum absolute atomic E-state index is 0.124. The molecule has 0 fully saturated rings. The molecule has 0 unspecified atom stereocenters. The van der Waals surface area contributed by atoms with Gasteiger partial charge in [0.1, 0.15) is 6.04 Å². The fourth-order valence-electron chi connectivity index (χ4n) is 4.52. The summed E-state index contributed by atoms with van der Waals surface area (Å²) in [6.45, 7) is 6.94. The number of carbonyl (C=O) groups is 3. The van der Waals surface area contributed by atoms with Gasteiger partial charge in [-0.1, -0.05) is 30.0 Å². The number of rotatable bonds is 9. The number of fused-ring (bicyclic) bond motifs is 3. The number of nitrogens with one attached hydrogen (secondary N) is 1. The SMILES string of the molecule is CCOC(=O)c1ccc(N2C(=O)CSc3c(c4ccccc4n3C)[C@H]2C(=O)NCCCOC(C)C)cc1. The molecular formula is C28H33N3O5S. The monoisotopic (exact) mass is 523 g/mol. The van der Waals surface area contributed by atoms with Gasteiger partial charge in [0.25, 0.3) is 0 Å². The first kappa shape index (κ1) is 26.8. The highest BCUT2D eigenvalue weighted by molar-refractivity contribution is 8.00. The van der Waals surface area contributed by atoms with E-state index in [9.17, 15) is 14.4 Å². The molecule has 2 heterocycles. The molecule has 0 saturated carbocycles. The number of benzene rings is 2. The third-order valence-electron chi connectivity index (χ3n) is 6.20. The summed E-state index contributed by atoms with van der Waals surface area (Å²) in [5.74, 6) is -0.686. The minimum Gasteiger partial charge on any atom is -0.462 e. The smallest absolute Gasteiger partial charge is 0.338 e. The number of ether oxygens (including phenoxy) is 2. The van der Waals surface area contributed by atoms with Crippen molar-refractivity contribution in [1.82, 2.24) is 9.88 Å². The number of thioether (sulfide) groups is 1. The number of esters is 1. The first-order valence-corrected chi connectivity index (χ1v) is 13.5. The summed E-state index contributed by atoms with van der Waals surface area (Å²) in [7, 11) is 1.96. The Bertz CT molecular complexity index is 1280. The molecule has 0 radical (unpaired) electrons. The summed E-state index contributed by atoms with van der Waals surface area (Å²) in [5.41, 5.74) is 2.73. The molecule has 1 atom stereocenters. The second kappa shape index (κ2) is 11.8. The van der Waals surface area contributed by atoms with Crippen LogP contribution in [0.25, 0.3) is 10.9 Å². The molecule has 3 aromatic rings. The minimum atomic E-state index is -0.872. The summed E-state index contributed by atoms with van der Waals surface area (Å²) in [5, 5.41) is 4.85. The van der Waals surface area contributed by atoms with Gasteiger partial charge in [-0.3, -0.25) is 14.5 Å². The molecular weight excluding hydrogens is 490 g/mol. The largest absolute Gasteiger partial charge is 0.462 e. The molecule has 1 N–H and O–H groups in total. The molecule has 1 aliphatic rings. The van der Waals surface area contributed by atoms with E-state index in [4.69, 9.17) is 9.47 Å². The molecule has 196 valence electrons. The van der Waals surface area contributed by atoms with Crippen molar-refractivity contribution in [1.29, 1.82) is 0 Å². The third kappa shape index (κ3) is 5.67. The van der Waals surface area contributed by atoms with Gasteiger partial charge < -0.3 is 19.4 Å². The molecule has 0 bridgehead atoms. The predicted octanol–water partition coefficient (Wildman–Crippen LogP) is 4.47. The zero-order valence-electron chi connectivity index (χ0n) is 21.7. The first-order valence-electron chi connectivity index (χ1n) is 12.5. The standard InChI is InChI=1S/C28H33N3O5S/c1-5-35-28(34)19-11-13-20(14-12-19)31-23(32)17-37-27-24(21-9-6-7-10-22(21)30(27)4)25(31)26(33)29-15-8-16-36-18(2)3/h6-7,9-14,18,25H,5,8,15-17H2,1-4H3,(H,29,33)/t25-/m0/s1. The molecule has 1 aromatic heterocycles. The number of amides is 2. The summed E-state index contributed by atoms with van der Waals surface area (Å²) in [6.07, 6.45) is 0.786. The summed E-state index contributed by atoms with van der Waals surface area (Å²) >= 11 is 1.44. The van der Waals surface area contributed by atoms with Gasteiger partial charge in [-0.2, -0.15) is 0 Å². The fraction of sp³-hybridized carbons (Fsp3) is 0.393. The Morgan fingerprint density at radius 1 is 1.14 bits per heavy atom. The lowest BCUT2D eigenvalue weighted by Gasteiger charge is -2.30.